The molecule has 5 nitrogen and oxygen atoms in total. The van der Waals surface area contributed by atoms with Crippen molar-refractivity contribution in [2.45, 2.75) is 32.4 Å². The standard InChI is InChI=1S/C14H20N2O3/c1-14(2)10(7-11(14)19-3)16-9-6-4-5-8(12(9)15)13(17)18/h4-6,10-11,16H,7,15H2,1-3H3,(H,17,18). The zero-order valence-corrected chi connectivity index (χ0v) is 11.4. The van der Waals surface area contributed by atoms with E-state index in [2.05, 4.69) is 19.2 Å². The van der Waals surface area contributed by atoms with Gasteiger partial charge in [0, 0.05) is 18.6 Å². The summed E-state index contributed by atoms with van der Waals surface area (Å²) in [7, 11) is 1.71. The number of carbonyl (C=O) groups is 1. The number of benzene rings is 1. The van der Waals surface area contributed by atoms with Crippen molar-refractivity contribution in [3.63, 3.8) is 0 Å². The monoisotopic (exact) mass is 264 g/mol. The fourth-order valence-electron chi connectivity index (χ4n) is 2.60. The molecule has 0 amide bonds. The molecule has 0 spiro atoms. The molecule has 5 heteroatoms. The molecular formula is C14H20N2O3. The normalized spacial score (nSPS) is 24.6. The zero-order valence-electron chi connectivity index (χ0n) is 11.4. The van der Waals surface area contributed by atoms with Crippen molar-refractivity contribution < 1.29 is 14.6 Å². The van der Waals surface area contributed by atoms with Gasteiger partial charge in [0.05, 0.1) is 23.0 Å². The maximum atomic E-state index is 11.0. The second-order valence-electron chi connectivity index (χ2n) is 5.55. The number of carboxylic acids is 1. The molecule has 0 heterocycles. The maximum absolute atomic E-state index is 11.0. The Balaban J connectivity index is 2.18. The highest BCUT2D eigenvalue weighted by Gasteiger charge is 2.48. The topological polar surface area (TPSA) is 84.6 Å². The molecule has 0 aromatic heterocycles. The van der Waals surface area contributed by atoms with Crippen LogP contribution in [0.3, 0.4) is 0 Å². The average molecular weight is 264 g/mol. The van der Waals surface area contributed by atoms with E-state index in [1.54, 1.807) is 19.2 Å². The van der Waals surface area contributed by atoms with Crippen molar-refractivity contribution in [1.29, 1.82) is 0 Å². The largest absolute Gasteiger partial charge is 0.478 e. The van der Waals surface area contributed by atoms with E-state index in [0.29, 0.717) is 5.69 Å². The van der Waals surface area contributed by atoms with Crippen LogP contribution in [0, 0.1) is 5.41 Å². The van der Waals surface area contributed by atoms with Gasteiger partial charge in [-0.25, -0.2) is 4.79 Å². The van der Waals surface area contributed by atoms with Crippen LogP contribution < -0.4 is 11.1 Å². The Hall–Kier alpha value is -1.75. The molecule has 1 aliphatic rings. The number of nitrogens with one attached hydrogen (secondary N) is 1. The highest BCUT2D eigenvalue weighted by molar-refractivity contribution is 5.97. The van der Waals surface area contributed by atoms with Crippen LogP contribution in [-0.2, 0) is 4.74 Å². The first-order valence-electron chi connectivity index (χ1n) is 6.29. The predicted molar refractivity (Wildman–Crippen MR) is 74.4 cm³/mol. The quantitative estimate of drug-likeness (QED) is 0.726. The molecule has 2 rings (SSSR count). The Morgan fingerprint density at radius 1 is 1.53 bits per heavy atom. The van der Waals surface area contributed by atoms with E-state index in [9.17, 15) is 4.79 Å². The second-order valence-corrected chi connectivity index (χ2v) is 5.55. The summed E-state index contributed by atoms with van der Waals surface area (Å²) >= 11 is 0. The van der Waals surface area contributed by atoms with Gasteiger partial charge in [0.15, 0.2) is 0 Å². The van der Waals surface area contributed by atoms with Crippen molar-refractivity contribution in [2.75, 3.05) is 18.2 Å². The van der Waals surface area contributed by atoms with Gasteiger partial charge in [-0.2, -0.15) is 0 Å². The molecule has 19 heavy (non-hydrogen) atoms. The number of para-hydroxylation sites is 1. The molecule has 1 aromatic carbocycles. The number of ether oxygens (including phenoxy) is 1. The van der Waals surface area contributed by atoms with Gasteiger partial charge >= 0.3 is 5.97 Å². The van der Waals surface area contributed by atoms with Crippen LogP contribution in [0.5, 0.6) is 0 Å². The van der Waals surface area contributed by atoms with E-state index < -0.39 is 5.97 Å². The van der Waals surface area contributed by atoms with E-state index in [1.165, 1.54) is 6.07 Å². The van der Waals surface area contributed by atoms with Crippen molar-refractivity contribution in [3.8, 4) is 0 Å². The fraction of sp³-hybridized carbons (Fsp3) is 0.500. The lowest BCUT2D eigenvalue weighted by Crippen LogP contribution is -2.57. The number of rotatable bonds is 4. The lowest BCUT2D eigenvalue weighted by atomic mass is 9.64. The van der Waals surface area contributed by atoms with Crippen LogP contribution in [0.4, 0.5) is 11.4 Å². The molecule has 2 atom stereocenters. The molecule has 0 bridgehead atoms. The Morgan fingerprint density at radius 3 is 2.74 bits per heavy atom. The van der Waals surface area contributed by atoms with Crippen molar-refractivity contribution in [1.82, 2.24) is 0 Å². The van der Waals surface area contributed by atoms with Crippen LogP contribution in [0.25, 0.3) is 0 Å². The third kappa shape index (κ3) is 2.26. The highest BCUT2D eigenvalue weighted by atomic mass is 16.5. The number of methoxy groups -OCH3 is 1. The Kier molecular flexibility index (Phi) is 3.41. The minimum Gasteiger partial charge on any atom is -0.478 e. The van der Waals surface area contributed by atoms with Gasteiger partial charge < -0.3 is 20.9 Å². The van der Waals surface area contributed by atoms with Gasteiger partial charge in [0.25, 0.3) is 0 Å². The summed E-state index contributed by atoms with van der Waals surface area (Å²) in [5.74, 6) is -1.01. The SMILES string of the molecule is COC1CC(Nc2cccc(C(=O)O)c2N)C1(C)C. The third-order valence-electron chi connectivity index (χ3n) is 4.13. The summed E-state index contributed by atoms with van der Waals surface area (Å²) in [5.41, 5.74) is 6.98. The molecule has 4 N–H and O–H groups in total. The van der Waals surface area contributed by atoms with Crippen LogP contribution in [0.15, 0.2) is 18.2 Å². The summed E-state index contributed by atoms with van der Waals surface area (Å²) in [4.78, 5) is 11.0. The number of anilines is 2. The van der Waals surface area contributed by atoms with E-state index in [-0.39, 0.29) is 28.8 Å². The van der Waals surface area contributed by atoms with E-state index in [0.717, 1.165) is 6.42 Å². The van der Waals surface area contributed by atoms with Crippen LogP contribution in [-0.4, -0.2) is 30.3 Å². The average Bonchev–Trinajstić information content (AvgIpc) is 2.35. The number of nitrogens with two attached hydrogens (primary N) is 1. The summed E-state index contributed by atoms with van der Waals surface area (Å²) in [5, 5.41) is 12.4. The van der Waals surface area contributed by atoms with E-state index in [4.69, 9.17) is 15.6 Å². The van der Waals surface area contributed by atoms with Gasteiger partial charge in [-0.3, -0.25) is 0 Å². The minimum absolute atomic E-state index is 0.000415. The molecule has 104 valence electrons. The summed E-state index contributed by atoms with van der Waals surface area (Å²) in [6.45, 7) is 4.25. The lowest BCUT2D eigenvalue weighted by molar-refractivity contribution is -0.0794. The molecule has 1 aliphatic carbocycles. The highest BCUT2D eigenvalue weighted by Crippen LogP contribution is 2.44. The van der Waals surface area contributed by atoms with E-state index >= 15 is 0 Å². The number of carboxylic acid groups (broad SMARTS) is 1. The van der Waals surface area contributed by atoms with Crippen LogP contribution in [0.1, 0.15) is 30.6 Å². The Bertz CT molecular complexity index is 499. The molecule has 2 unspecified atom stereocenters. The van der Waals surface area contributed by atoms with Crippen molar-refractivity contribution >= 4 is 17.3 Å². The van der Waals surface area contributed by atoms with Gasteiger partial charge in [0.2, 0.25) is 0 Å². The fourth-order valence-corrected chi connectivity index (χ4v) is 2.60. The molecule has 1 saturated carbocycles. The number of nitrogen functional groups attached to an aromatic ring is 1. The number of aromatic carboxylic acids is 1. The summed E-state index contributed by atoms with van der Waals surface area (Å²) < 4.78 is 5.40. The first kappa shape index (κ1) is 13.7. The predicted octanol–water partition coefficient (Wildman–Crippen LogP) is 2.19. The molecule has 1 aromatic rings. The van der Waals surface area contributed by atoms with E-state index in [1.807, 2.05) is 0 Å². The van der Waals surface area contributed by atoms with Crippen molar-refractivity contribution in [3.05, 3.63) is 23.8 Å². The number of hydrogen-bond donors (Lipinski definition) is 3. The lowest BCUT2D eigenvalue weighted by Gasteiger charge is -2.51. The second kappa shape index (κ2) is 4.74. The molecule has 0 aliphatic heterocycles. The van der Waals surface area contributed by atoms with Gasteiger partial charge in [-0.15, -0.1) is 0 Å². The van der Waals surface area contributed by atoms with Gasteiger partial charge in [0.1, 0.15) is 0 Å². The van der Waals surface area contributed by atoms with Crippen LogP contribution >= 0.6 is 0 Å². The first-order valence-corrected chi connectivity index (χ1v) is 6.29. The van der Waals surface area contributed by atoms with Crippen molar-refractivity contribution in [2.24, 2.45) is 5.41 Å². The third-order valence-corrected chi connectivity index (χ3v) is 4.13. The Labute approximate surface area is 112 Å². The van der Waals surface area contributed by atoms with Gasteiger partial charge in [-0.05, 0) is 18.6 Å². The minimum atomic E-state index is -1.01. The first-order chi connectivity index (χ1) is 8.87. The molecule has 1 fully saturated rings. The summed E-state index contributed by atoms with van der Waals surface area (Å²) in [6.07, 6.45) is 1.11. The van der Waals surface area contributed by atoms with Crippen LogP contribution in [0.2, 0.25) is 0 Å². The number of hydrogen-bond acceptors (Lipinski definition) is 4. The molecule has 0 saturated heterocycles. The zero-order chi connectivity index (χ0) is 14.2. The summed E-state index contributed by atoms with van der Waals surface area (Å²) in [6, 6.07) is 5.23. The maximum Gasteiger partial charge on any atom is 0.337 e. The Morgan fingerprint density at radius 2 is 2.21 bits per heavy atom. The van der Waals surface area contributed by atoms with Gasteiger partial charge in [-0.1, -0.05) is 19.9 Å². The smallest absolute Gasteiger partial charge is 0.337 e. The molecular weight excluding hydrogens is 244 g/mol. The molecule has 0 radical (unpaired) electrons.